The van der Waals surface area contributed by atoms with Gasteiger partial charge >= 0.3 is 0 Å². The summed E-state index contributed by atoms with van der Waals surface area (Å²) in [6.45, 7) is 0. The lowest BCUT2D eigenvalue weighted by Gasteiger charge is -1.96. The average molecular weight is 132 g/mol. The van der Waals surface area contributed by atoms with Crippen molar-refractivity contribution >= 4 is 5.70 Å². The molecule has 1 aromatic rings. The molecule has 1 aliphatic rings. The molecule has 2 N–H and O–H groups in total. The van der Waals surface area contributed by atoms with Crippen LogP contribution in [0.15, 0.2) is 24.4 Å². The first kappa shape index (κ1) is 5.47. The Labute approximate surface area is 59.4 Å². The molecular weight excluding hydrogens is 124 g/mol. The van der Waals surface area contributed by atoms with Gasteiger partial charge in [-0.2, -0.15) is 0 Å². The number of hydrogen-bond donors (Lipinski definition) is 1. The average Bonchev–Trinajstić information content (AvgIpc) is 2.34. The third-order valence-corrected chi connectivity index (χ3v) is 1.72. The van der Waals surface area contributed by atoms with Crippen LogP contribution in [0.3, 0.4) is 0 Å². The fourth-order valence-electron chi connectivity index (χ4n) is 1.18. The number of aromatic nitrogens is 1. The highest BCUT2D eigenvalue weighted by Gasteiger charge is 2.09. The van der Waals surface area contributed by atoms with Crippen LogP contribution < -0.4 is 5.73 Å². The number of hydrogen-bond acceptors (Lipinski definition) is 2. The summed E-state index contributed by atoms with van der Waals surface area (Å²) < 4.78 is 0. The third kappa shape index (κ3) is 0.620. The van der Waals surface area contributed by atoms with Crippen LogP contribution in [0.5, 0.6) is 0 Å². The lowest BCUT2D eigenvalue weighted by Crippen LogP contribution is -1.94. The number of allylic oxidation sites excluding steroid dienone is 1. The summed E-state index contributed by atoms with van der Waals surface area (Å²) in [5.41, 5.74) is 8.73. The van der Waals surface area contributed by atoms with Crippen LogP contribution in [0.25, 0.3) is 5.70 Å². The topological polar surface area (TPSA) is 38.9 Å². The van der Waals surface area contributed by atoms with Crippen molar-refractivity contribution in [1.29, 1.82) is 0 Å². The summed E-state index contributed by atoms with van der Waals surface area (Å²) in [6.07, 6.45) is 4.69. The quantitative estimate of drug-likeness (QED) is 0.570. The molecule has 2 rings (SSSR count). The van der Waals surface area contributed by atoms with Crippen LogP contribution in [0.2, 0.25) is 0 Å². The van der Waals surface area contributed by atoms with Gasteiger partial charge < -0.3 is 5.73 Å². The maximum absolute atomic E-state index is 5.67. The Bertz CT molecular complexity index is 289. The van der Waals surface area contributed by atoms with Gasteiger partial charge in [-0.3, -0.25) is 4.98 Å². The molecule has 0 radical (unpaired) electrons. The van der Waals surface area contributed by atoms with Gasteiger partial charge in [0.2, 0.25) is 0 Å². The molecule has 2 heteroatoms. The van der Waals surface area contributed by atoms with Crippen molar-refractivity contribution in [3.8, 4) is 0 Å². The largest absolute Gasteiger partial charge is 0.398 e. The molecule has 0 fully saturated rings. The molecule has 0 amide bonds. The molecule has 0 spiro atoms. The van der Waals surface area contributed by atoms with Crippen molar-refractivity contribution in [1.82, 2.24) is 4.98 Å². The minimum Gasteiger partial charge on any atom is -0.398 e. The normalized spacial score (nSPS) is 14.6. The fraction of sp³-hybridized carbons (Fsp3) is 0.125. The van der Waals surface area contributed by atoms with Crippen molar-refractivity contribution in [2.24, 2.45) is 5.73 Å². The lowest BCUT2D eigenvalue weighted by molar-refractivity contribution is 1.13. The summed E-state index contributed by atoms with van der Waals surface area (Å²) in [7, 11) is 0. The molecule has 0 aliphatic heterocycles. The molecule has 0 bridgehead atoms. The Morgan fingerprint density at radius 3 is 3.20 bits per heavy atom. The van der Waals surface area contributed by atoms with Gasteiger partial charge in [-0.1, -0.05) is 6.08 Å². The summed E-state index contributed by atoms with van der Waals surface area (Å²) in [6, 6.07) is 3.91. The van der Waals surface area contributed by atoms with Crippen molar-refractivity contribution < 1.29 is 0 Å². The zero-order valence-electron chi connectivity index (χ0n) is 5.54. The van der Waals surface area contributed by atoms with Crippen LogP contribution in [-0.2, 0) is 6.42 Å². The number of nitrogens with two attached hydrogens (primary N) is 1. The molecular formula is C8H8N2. The minimum absolute atomic E-state index is 0.864. The van der Waals surface area contributed by atoms with Gasteiger partial charge in [-0.25, -0.2) is 0 Å². The summed E-state index contributed by atoms with van der Waals surface area (Å²) in [5, 5.41) is 0. The highest BCUT2D eigenvalue weighted by atomic mass is 14.7. The van der Waals surface area contributed by atoms with Gasteiger partial charge in [0.05, 0.1) is 5.69 Å². The maximum atomic E-state index is 5.67. The molecule has 0 saturated heterocycles. The summed E-state index contributed by atoms with van der Waals surface area (Å²) in [4.78, 5) is 4.18. The van der Waals surface area contributed by atoms with Crippen LogP contribution >= 0.6 is 0 Å². The second-order valence-electron chi connectivity index (χ2n) is 2.36. The molecule has 0 saturated carbocycles. The van der Waals surface area contributed by atoms with Crippen LogP contribution in [-0.4, -0.2) is 4.98 Å². The first-order chi connectivity index (χ1) is 4.88. The molecule has 0 unspecified atom stereocenters. The predicted molar refractivity (Wildman–Crippen MR) is 40.1 cm³/mol. The summed E-state index contributed by atoms with van der Waals surface area (Å²) >= 11 is 0. The second-order valence-corrected chi connectivity index (χ2v) is 2.36. The molecule has 1 heterocycles. The summed E-state index contributed by atoms with van der Waals surface area (Å²) in [5.74, 6) is 0. The zero-order chi connectivity index (χ0) is 6.97. The van der Waals surface area contributed by atoms with E-state index in [4.69, 9.17) is 5.73 Å². The van der Waals surface area contributed by atoms with Crippen LogP contribution in [0.1, 0.15) is 11.3 Å². The van der Waals surface area contributed by atoms with E-state index in [0.29, 0.717) is 0 Å². The second kappa shape index (κ2) is 1.84. The van der Waals surface area contributed by atoms with Gasteiger partial charge in [0.15, 0.2) is 0 Å². The van der Waals surface area contributed by atoms with Crippen molar-refractivity contribution in [3.63, 3.8) is 0 Å². The highest BCUT2D eigenvalue weighted by Crippen LogP contribution is 2.20. The molecule has 2 nitrogen and oxygen atoms in total. The Balaban J connectivity index is 2.61. The number of nitrogens with zero attached hydrogens (tertiary/aromatic N) is 1. The molecule has 0 atom stereocenters. The van der Waals surface area contributed by atoms with E-state index in [0.717, 1.165) is 23.4 Å². The molecule has 50 valence electrons. The number of rotatable bonds is 0. The Kier molecular flexibility index (Phi) is 1.01. The molecule has 1 aliphatic carbocycles. The van der Waals surface area contributed by atoms with E-state index in [2.05, 4.69) is 4.98 Å². The maximum Gasteiger partial charge on any atom is 0.0534 e. The molecule has 0 aromatic carbocycles. The van der Waals surface area contributed by atoms with Gasteiger partial charge in [0.1, 0.15) is 0 Å². The van der Waals surface area contributed by atoms with E-state index < -0.39 is 0 Å². The van der Waals surface area contributed by atoms with Gasteiger partial charge in [-0.05, 0) is 12.1 Å². The Morgan fingerprint density at radius 1 is 1.50 bits per heavy atom. The Hall–Kier alpha value is -1.31. The highest BCUT2D eigenvalue weighted by molar-refractivity contribution is 5.68. The standard InChI is InChI=1S/C8H8N2/c9-7-3-4-8-6(7)2-1-5-10-8/h1-3,5H,4,9H2. The SMILES string of the molecule is NC1=CCc2ncccc21. The van der Waals surface area contributed by atoms with E-state index in [1.54, 1.807) is 6.20 Å². The number of fused-ring (bicyclic) bond motifs is 1. The predicted octanol–water partition coefficient (Wildman–Crippen LogP) is 0.937. The number of pyridine rings is 1. The van der Waals surface area contributed by atoms with Crippen LogP contribution in [0, 0.1) is 0 Å². The Morgan fingerprint density at radius 2 is 2.40 bits per heavy atom. The third-order valence-electron chi connectivity index (χ3n) is 1.72. The van der Waals surface area contributed by atoms with E-state index in [9.17, 15) is 0 Å². The zero-order valence-corrected chi connectivity index (χ0v) is 5.54. The minimum atomic E-state index is 0.864. The van der Waals surface area contributed by atoms with Crippen molar-refractivity contribution in [3.05, 3.63) is 35.7 Å². The monoisotopic (exact) mass is 132 g/mol. The first-order valence-corrected chi connectivity index (χ1v) is 3.28. The van der Waals surface area contributed by atoms with Gasteiger partial charge in [-0.15, -0.1) is 0 Å². The lowest BCUT2D eigenvalue weighted by atomic mass is 10.2. The van der Waals surface area contributed by atoms with Crippen LogP contribution in [0.4, 0.5) is 0 Å². The van der Waals surface area contributed by atoms with E-state index in [1.807, 2.05) is 18.2 Å². The smallest absolute Gasteiger partial charge is 0.0534 e. The van der Waals surface area contributed by atoms with Gasteiger partial charge in [0, 0.05) is 23.9 Å². The molecule has 10 heavy (non-hydrogen) atoms. The van der Waals surface area contributed by atoms with Crippen molar-refractivity contribution in [2.75, 3.05) is 0 Å². The molecule has 1 aromatic heterocycles. The van der Waals surface area contributed by atoms with E-state index in [1.165, 1.54) is 0 Å². The van der Waals surface area contributed by atoms with Crippen molar-refractivity contribution in [2.45, 2.75) is 6.42 Å². The van der Waals surface area contributed by atoms with Gasteiger partial charge in [0.25, 0.3) is 0 Å². The van der Waals surface area contributed by atoms with E-state index >= 15 is 0 Å². The van der Waals surface area contributed by atoms with E-state index in [-0.39, 0.29) is 0 Å². The first-order valence-electron chi connectivity index (χ1n) is 3.28. The fourth-order valence-corrected chi connectivity index (χ4v) is 1.18.